The van der Waals surface area contributed by atoms with Gasteiger partial charge in [0.2, 0.25) is 5.91 Å². The Hall–Kier alpha value is -1.55. The Labute approximate surface area is 100 Å². The van der Waals surface area contributed by atoms with Gasteiger partial charge in [-0.3, -0.25) is 4.79 Å². The molecule has 17 heavy (non-hydrogen) atoms. The fourth-order valence-corrected chi connectivity index (χ4v) is 2.10. The number of aromatic hydroxyl groups is 1. The number of phenolic OH excluding ortho intramolecular Hbond substituents is 1. The Balaban J connectivity index is 1.96. The smallest absolute Gasteiger partial charge is 0.226 e. The van der Waals surface area contributed by atoms with Crippen LogP contribution in [0.3, 0.4) is 0 Å². The molecule has 0 spiro atoms. The molecular weight excluding hydrogens is 218 g/mol. The second-order valence-electron chi connectivity index (χ2n) is 4.52. The zero-order valence-corrected chi connectivity index (χ0v) is 9.84. The third-order valence-electron chi connectivity index (χ3n) is 3.24. The van der Waals surface area contributed by atoms with E-state index in [1.807, 2.05) is 12.1 Å². The van der Waals surface area contributed by atoms with E-state index in [0.717, 1.165) is 12.0 Å². The van der Waals surface area contributed by atoms with Crippen LogP contribution in [-0.4, -0.2) is 41.2 Å². The molecule has 1 aliphatic rings. The predicted octanol–water partition coefficient (Wildman–Crippen LogP) is 0.946. The first kappa shape index (κ1) is 11.9. The summed E-state index contributed by atoms with van der Waals surface area (Å²) in [6.45, 7) is 0.385. The maximum Gasteiger partial charge on any atom is 0.226 e. The Morgan fingerprint density at radius 1 is 1.41 bits per heavy atom. The number of hydrogen-bond donors (Lipinski definition) is 2. The van der Waals surface area contributed by atoms with Crippen LogP contribution in [0, 0.1) is 5.92 Å². The number of amides is 1. The summed E-state index contributed by atoms with van der Waals surface area (Å²) in [5.41, 5.74) is 1.10. The summed E-state index contributed by atoms with van der Waals surface area (Å²) in [6, 6.07) is 7.01. The van der Waals surface area contributed by atoms with Crippen molar-refractivity contribution in [3.63, 3.8) is 0 Å². The fraction of sp³-hybridized carbons (Fsp3) is 0.462. The molecule has 1 fully saturated rings. The Morgan fingerprint density at radius 2 is 2.06 bits per heavy atom. The summed E-state index contributed by atoms with van der Waals surface area (Å²) in [6.07, 6.45) is 0.860. The molecule has 2 N–H and O–H groups in total. The molecular formula is C13H17NO3. The normalized spacial score (nSPS) is 22.2. The van der Waals surface area contributed by atoms with E-state index < -0.39 is 0 Å². The van der Waals surface area contributed by atoms with Crippen molar-refractivity contribution in [3.8, 4) is 5.75 Å². The van der Waals surface area contributed by atoms with Crippen LogP contribution in [0.5, 0.6) is 5.75 Å². The zero-order chi connectivity index (χ0) is 12.4. The van der Waals surface area contributed by atoms with Gasteiger partial charge in [-0.15, -0.1) is 0 Å². The SMILES string of the molecule is CN(CCO)C(=O)C1CC1c1ccc(O)cc1. The number of hydrogen-bond acceptors (Lipinski definition) is 3. The van der Waals surface area contributed by atoms with Crippen LogP contribution >= 0.6 is 0 Å². The van der Waals surface area contributed by atoms with Gasteiger partial charge in [-0.1, -0.05) is 12.1 Å². The molecule has 4 nitrogen and oxygen atoms in total. The van der Waals surface area contributed by atoms with Crippen LogP contribution in [0.1, 0.15) is 17.9 Å². The summed E-state index contributed by atoms with van der Waals surface area (Å²) < 4.78 is 0. The minimum Gasteiger partial charge on any atom is -0.508 e. The van der Waals surface area contributed by atoms with Gasteiger partial charge in [-0.25, -0.2) is 0 Å². The largest absolute Gasteiger partial charge is 0.508 e. The van der Waals surface area contributed by atoms with Gasteiger partial charge >= 0.3 is 0 Å². The van der Waals surface area contributed by atoms with Gasteiger partial charge in [0.25, 0.3) is 0 Å². The quantitative estimate of drug-likeness (QED) is 0.816. The van der Waals surface area contributed by atoms with Crippen molar-refractivity contribution >= 4 is 5.91 Å². The maximum atomic E-state index is 11.9. The molecule has 0 aliphatic heterocycles. The maximum absolute atomic E-state index is 11.9. The lowest BCUT2D eigenvalue weighted by atomic mass is 10.1. The molecule has 1 amide bonds. The predicted molar refractivity (Wildman–Crippen MR) is 63.7 cm³/mol. The molecule has 0 bridgehead atoms. The fourth-order valence-electron chi connectivity index (χ4n) is 2.10. The number of aliphatic hydroxyl groups excluding tert-OH is 1. The van der Waals surface area contributed by atoms with E-state index >= 15 is 0 Å². The Kier molecular flexibility index (Phi) is 3.33. The van der Waals surface area contributed by atoms with E-state index in [0.29, 0.717) is 6.54 Å². The third kappa shape index (κ3) is 2.58. The monoisotopic (exact) mass is 235 g/mol. The highest BCUT2D eigenvalue weighted by Gasteiger charge is 2.44. The van der Waals surface area contributed by atoms with Gasteiger partial charge in [0.05, 0.1) is 6.61 Å². The zero-order valence-electron chi connectivity index (χ0n) is 9.84. The van der Waals surface area contributed by atoms with Crippen molar-refractivity contribution in [1.82, 2.24) is 4.90 Å². The first-order valence-corrected chi connectivity index (χ1v) is 5.78. The van der Waals surface area contributed by atoms with E-state index in [2.05, 4.69) is 0 Å². The number of benzene rings is 1. The van der Waals surface area contributed by atoms with Crippen molar-refractivity contribution in [1.29, 1.82) is 0 Å². The molecule has 0 radical (unpaired) electrons. The van der Waals surface area contributed by atoms with Crippen molar-refractivity contribution in [3.05, 3.63) is 29.8 Å². The van der Waals surface area contributed by atoms with Crippen LogP contribution in [-0.2, 0) is 4.79 Å². The molecule has 2 unspecified atom stereocenters. The summed E-state index contributed by atoms with van der Waals surface area (Å²) in [7, 11) is 1.71. The van der Waals surface area contributed by atoms with E-state index in [4.69, 9.17) is 5.11 Å². The molecule has 1 saturated carbocycles. The lowest BCUT2D eigenvalue weighted by Crippen LogP contribution is -2.31. The number of rotatable bonds is 4. The Morgan fingerprint density at radius 3 is 2.65 bits per heavy atom. The number of aliphatic hydroxyl groups is 1. The number of carbonyl (C=O) groups is 1. The highest BCUT2D eigenvalue weighted by molar-refractivity contribution is 5.82. The Bertz CT molecular complexity index is 402. The van der Waals surface area contributed by atoms with Crippen LogP contribution in [0.4, 0.5) is 0 Å². The minimum atomic E-state index is -0.00115. The molecule has 0 saturated heterocycles. The molecule has 1 aromatic carbocycles. The topological polar surface area (TPSA) is 60.8 Å². The second kappa shape index (κ2) is 4.75. The summed E-state index contributed by atoms with van der Waals surface area (Å²) in [5.74, 6) is 0.645. The molecule has 2 rings (SSSR count). The average molecular weight is 235 g/mol. The lowest BCUT2D eigenvalue weighted by Gasteiger charge is -2.15. The molecule has 0 aromatic heterocycles. The van der Waals surface area contributed by atoms with Crippen LogP contribution in [0.2, 0.25) is 0 Å². The van der Waals surface area contributed by atoms with Gasteiger partial charge in [-0.2, -0.15) is 0 Å². The van der Waals surface area contributed by atoms with Crippen LogP contribution in [0.25, 0.3) is 0 Å². The van der Waals surface area contributed by atoms with Crippen molar-refractivity contribution in [2.45, 2.75) is 12.3 Å². The average Bonchev–Trinajstić information content (AvgIpc) is 3.09. The van der Waals surface area contributed by atoms with Gasteiger partial charge in [-0.05, 0) is 30.0 Å². The number of nitrogens with zero attached hydrogens (tertiary/aromatic N) is 1. The molecule has 92 valence electrons. The van der Waals surface area contributed by atoms with Crippen LogP contribution < -0.4 is 0 Å². The van der Waals surface area contributed by atoms with E-state index in [-0.39, 0.29) is 30.1 Å². The first-order chi connectivity index (χ1) is 8.13. The standard InChI is InChI=1S/C13H17NO3/c1-14(6-7-15)13(17)12-8-11(12)9-2-4-10(16)5-3-9/h2-5,11-12,15-16H,6-8H2,1H3. The van der Waals surface area contributed by atoms with Gasteiger partial charge in [0.1, 0.15) is 5.75 Å². The molecule has 1 aliphatic carbocycles. The molecule has 0 heterocycles. The van der Waals surface area contributed by atoms with E-state index in [1.165, 1.54) is 0 Å². The first-order valence-electron chi connectivity index (χ1n) is 5.78. The number of carbonyl (C=O) groups excluding carboxylic acids is 1. The molecule has 4 heteroatoms. The summed E-state index contributed by atoms with van der Waals surface area (Å²) in [5, 5.41) is 18.0. The van der Waals surface area contributed by atoms with E-state index in [9.17, 15) is 9.90 Å². The van der Waals surface area contributed by atoms with Crippen LogP contribution in [0.15, 0.2) is 24.3 Å². The van der Waals surface area contributed by atoms with E-state index in [1.54, 1.807) is 24.1 Å². The third-order valence-corrected chi connectivity index (χ3v) is 3.24. The molecule has 1 aromatic rings. The minimum absolute atomic E-state index is 0.00115. The van der Waals surface area contributed by atoms with Crippen molar-refractivity contribution in [2.75, 3.05) is 20.2 Å². The van der Waals surface area contributed by atoms with Gasteiger partial charge in [0, 0.05) is 19.5 Å². The van der Waals surface area contributed by atoms with Gasteiger partial charge < -0.3 is 15.1 Å². The van der Waals surface area contributed by atoms with Gasteiger partial charge in [0.15, 0.2) is 0 Å². The second-order valence-corrected chi connectivity index (χ2v) is 4.52. The summed E-state index contributed by atoms with van der Waals surface area (Å²) in [4.78, 5) is 13.5. The highest BCUT2D eigenvalue weighted by atomic mass is 16.3. The summed E-state index contributed by atoms with van der Waals surface area (Å²) >= 11 is 0. The lowest BCUT2D eigenvalue weighted by molar-refractivity contribution is -0.131. The highest BCUT2D eigenvalue weighted by Crippen LogP contribution is 2.48. The molecule has 2 atom stereocenters. The van der Waals surface area contributed by atoms with Crippen molar-refractivity contribution in [2.24, 2.45) is 5.92 Å². The van der Waals surface area contributed by atoms with Crippen molar-refractivity contribution < 1.29 is 15.0 Å². The number of phenols is 1. The number of likely N-dealkylation sites (N-methyl/N-ethyl adjacent to an activating group) is 1.